The van der Waals surface area contributed by atoms with Crippen molar-refractivity contribution in [3.63, 3.8) is 0 Å². The average molecular weight is 254 g/mol. The normalized spacial score (nSPS) is 15.8. The molecule has 0 aliphatic rings. The van der Waals surface area contributed by atoms with Crippen molar-refractivity contribution in [2.75, 3.05) is 6.61 Å². The lowest BCUT2D eigenvalue weighted by atomic mass is 10.1. The number of aromatic nitrogens is 2. The van der Waals surface area contributed by atoms with Crippen LogP contribution in [0.15, 0.2) is 12.4 Å². The fourth-order valence-corrected chi connectivity index (χ4v) is 1.49. The Morgan fingerprint density at radius 3 is 2.61 bits per heavy atom. The molecule has 1 aromatic heterocycles. The van der Waals surface area contributed by atoms with Crippen LogP contribution in [0.5, 0.6) is 0 Å². The van der Waals surface area contributed by atoms with Crippen LogP contribution in [0.2, 0.25) is 0 Å². The van der Waals surface area contributed by atoms with Crippen LogP contribution in [0, 0.1) is 5.92 Å². The molecule has 6 nitrogen and oxygen atoms in total. The van der Waals surface area contributed by atoms with Crippen LogP contribution in [0.4, 0.5) is 4.79 Å². The molecular weight excluding hydrogens is 232 g/mol. The molecule has 0 spiro atoms. The van der Waals surface area contributed by atoms with Crippen molar-refractivity contribution in [2.45, 2.75) is 32.9 Å². The molecule has 6 heteroatoms. The zero-order valence-electron chi connectivity index (χ0n) is 11.3. The summed E-state index contributed by atoms with van der Waals surface area (Å²) >= 11 is 0. The van der Waals surface area contributed by atoms with Gasteiger partial charge in [0, 0.05) is 31.5 Å². The van der Waals surface area contributed by atoms with Gasteiger partial charge in [-0.25, -0.2) is 4.79 Å². The number of amides is 2. The minimum absolute atomic E-state index is 0.0319. The van der Waals surface area contributed by atoms with E-state index in [1.807, 2.05) is 34.0 Å². The van der Waals surface area contributed by atoms with Crippen LogP contribution in [-0.2, 0) is 7.05 Å². The van der Waals surface area contributed by atoms with Gasteiger partial charge in [-0.1, -0.05) is 6.92 Å². The zero-order valence-corrected chi connectivity index (χ0v) is 11.3. The highest BCUT2D eigenvalue weighted by atomic mass is 16.3. The molecule has 1 aromatic rings. The minimum atomic E-state index is -0.237. The molecule has 0 aromatic carbocycles. The first kappa shape index (κ1) is 14.5. The van der Waals surface area contributed by atoms with E-state index >= 15 is 0 Å². The van der Waals surface area contributed by atoms with Crippen molar-refractivity contribution >= 4 is 6.03 Å². The molecule has 0 aliphatic heterocycles. The van der Waals surface area contributed by atoms with Crippen molar-refractivity contribution in [3.05, 3.63) is 18.0 Å². The molecule has 3 N–H and O–H groups in total. The number of rotatable bonds is 5. The Bertz CT molecular complexity index is 391. The van der Waals surface area contributed by atoms with Gasteiger partial charge in [0.1, 0.15) is 0 Å². The van der Waals surface area contributed by atoms with E-state index in [1.54, 1.807) is 10.9 Å². The van der Waals surface area contributed by atoms with Crippen LogP contribution in [-0.4, -0.2) is 33.6 Å². The van der Waals surface area contributed by atoms with Gasteiger partial charge in [0.15, 0.2) is 0 Å². The van der Waals surface area contributed by atoms with E-state index in [0.717, 1.165) is 5.56 Å². The lowest BCUT2D eigenvalue weighted by Crippen LogP contribution is -2.44. The Hall–Kier alpha value is -1.56. The number of hydrogen-bond acceptors (Lipinski definition) is 3. The maximum atomic E-state index is 11.7. The van der Waals surface area contributed by atoms with Crippen molar-refractivity contribution in [2.24, 2.45) is 13.0 Å². The summed E-state index contributed by atoms with van der Waals surface area (Å²) in [7, 11) is 1.83. The first-order valence-corrected chi connectivity index (χ1v) is 6.10. The third kappa shape index (κ3) is 4.03. The maximum Gasteiger partial charge on any atom is 0.315 e. The summed E-state index contributed by atoms with van der Waals surface area (Å²) < 4.78 is 1.70. The number of carbonyl (C=O) groups is 1. The van der Waals surface area contributed by atoms with E-state index < -0.39 is 0 Å². The van der Waals surface area contributed by atoms with Crippen LogP contribution in [0.3, 0.4) is 0 Å². The highest BCUT2D eigenvalue weighted by molar-refractivity contribution is 5.74. The largest absolute Gasteiger partial charge is 0.396 e. The van der Waals surface area contributed by atoms with Gasteiger partial charge in [0.25, 0.3) is 0 Å². The summed E-state index contributed by atoms with van der Waals surface area (Å²) in [6.07, 6.45) is 3.59. The highest BCUT2D eigenvalue weighted by Gasteiger charge is 2.16. The SMILES string of the molecule is CC(NC(=O)NC(C)C(C)CO)c1cnn(C)c1. The Kier molecular flexibility index (Phi) is 5.15. The summed E-state index contributed by atoms with van der Waals surface area (Å²) in [4.78, 5) is 11.7. The molecule has 18 heavy (non-hydrogen) atoms. The van der Waals surface area contributed by atoms with E-state index in [9.17, 15) is 4.79 Å². The van der Waals surface area contributed by atoms with Gasteiger partial charge in [-0.2, -0.15) is 5.10 Å². The maximum absolute atomic E-state index is 11.7. The van der Waals surface area contributed by atoms with Gasteiger partial charge in [0.05, 0.1) is 12.2 Å². The highest BCUT2D eigenvalue weighted by Crippen LogP contribution is 2.10. The second-order valence-electron chi connectivity index (χ2n) is 4.74. The van der Waals surface area contributed by atoms with Crippen LogP contribution in [0.1, 0.15) is 32.4 Å². The van der Waals surface area contributed by atoms with Crippen LogP contribution in [0.25, 0.3) is 0 Å². The number of aliphatic hydroxyl groups excluding tert-OH is 1. The molecule has 1 heterocycles. The lowest BCUT2D eigenvalue weighted by Gasteiger charge is -2.21. The Labute approximate surface area is 107 Å². The van der Waals surface area contributed by atoms with Gasteiger partial charge in [-0.05, 0) is 19.8 Å². The van der Waals surface area contributed by atoms with Gasteiger partial charge in [-0.3, -0.25) is 4.68 Å². The number of aryl methyl sites for hydroxylation is 1. The smallest absolute Gasteiger partial charge is 0.315 e. The molecule has 1 rings (SSSR count). The Morgan fingerprint density at radius 2 is 2.11 bits per heavy atom. The first-order chi connectivity index (χ1) is 8.43. The van der Waals surface area contributed by atoms with E-state index in [2.05, 4.69) is 15.7 Å². The summed E-state index contributed by atoms with van der Waals surface area (Å²) in [5.74, 6) is 0.0319. The van der Waals surface area contributed by atoms with Crippen molar-refractivity contribution < 1.29 is 9.90 Å². The molecule has 3 atom stereocenters. The molecule has 0 bridgehead atoms. The monoisotopic (exact) mass is 254 g/mol. The number of aliphatic hydroxyl groups is 1. The van der Waals surface area contributed by atoms with Gasteiger partial charge < -0.3 is 15.7 Å². The number of urea groups is 1. The molecule has 0 aliphatic carbocycles. The van der Waals surface area contributed by atoms with Crippen LogP contribution >= 0.6 is 0 Å². The number of hydrogen-bond donors (Lipinski definition) is 3. The fourth-order valence-electron chi connectivity index (χ4n) is 1.49. The predicted molar refractivity (Wildman–Crippen MR) is 69.0 cm³/mol. The van der Waals surface area contributed by atoms with E-state index in [0.29, 0.717) is 0 Å². The summed E-state index contributed by atoms with van der Waals surface area (Å²) in [5.41, 5.74) is 0.954. The van der Waals surface area contributed by atoms with Crippen LogP contribution < -0.4 is 10.6 Å². The van der Waals surface area contributed by atoms with E-state index in [-0.39, 0.29) is 30.6 Å². The predicted octanol–water partition coefficient (Wildman–Crippen LogP) is 0.797. The molecule has 0 saturated heterocycles. The Balaban J connectivity index is 2.45. The standard InChI is InChI=1S/C12H22N4O2/c1-8(7-17)9(2)14-12(18)15-10(3)11-5-13-16(4)6-11/h5-6,8-10,17H,7H2,1-4H3,(H2,14,15,18). The molecule has 0 saturated carbocycles. The molecular formula is C12H22N4O2. The minimum Gasteiger partial charge on any atom is -0.396 e. The topological polar surface area (TPSA) is 79.2 Å². The summed E-state index contributed by atoms with van der Waals surface area (Å²) in [5, 5.41) is 18.7. The van der Waals surface area contributed by atoms with Crippen molar-refractivity contribution in [3.8, 4) is 0 Å². The van der Waals surface area contributed by atoms with E-state index in [4.69, 9.17) is 5.11 Å². The second-order valence-corrected chi connectivity index (χ2v) is 4.74. The molecule has 2 amide bonds. The lowest BCUT2D eigenvalue weighted by molar-refractivity contribution is 0.199. The summed E-state index contributed by atoms with van der Waals surface area (Å²) in [6.45, 7) is 5.71. The third-order valence-electron chi connectivity index (χ3n) is 3.07. The summed E-state index contributed by atoms with van der Waals surface area (Å²) in [6, 6.07) is -0.411. The van der Waals surface area contributed by atoms with Crippen molar-refractivity contribution in [1.29, 1.82) is 0 Å². The Morgan fingerprint density at radius 1 is 1.44 bits per heavy atom. The number of nitrogens with one attached hydrogen (secondary N) is 2. The van der Waals surface area contributed by atoms with Gasteiger partial charge in [0.2, 0.25) is 0 Å². The second kappa shape index (κ2) is 6.39. The number of carbonyl (C=O) groups excluding carboxylic acids is 1. The van der Waals surface area contributed by atoms with Gasteiger partial charge in [-0.15, -0.1) is 0 Å². The molecule has 102 valence electrons. The molecule has 0 fully saturated rings. The quantitative estimate of drug-likeness (QED) is 0.727. The third-order valence-corrected chi connectivity index (χ3v) is 3.07. The first-order valence-electron chi connectivity index (χ1n) is 6.10. The van der Waals surface area contributed by atoms with Crippen molar-refractivity contribution in [1.82, 2.24) is 20.4 Å². The van der Waals surface area contributed by atoms with Gasteiger partial charge >= 0.3 is 6.03 Å². The molecule has 3 unspecified atom stereocenters. The molecule has 0 radical (unpaired) electrons. The van der Waals surface area contributed by atoms with E-state index in [1.165, 1.54) is 0 Å². The number of nitrogens with zero attached hydrogens (tertiary/aromatic N) is 2. The fraction of sp³-hybridized carbons (Fsp3) is 0.667. The zero-order chi connectivity index (χ0) is 13.7. The average Bonchev–Trinajstić information content (AvgIpc) is 2.74.